The van der Waals surface area contributed by atoms with E-state index >= 15 is 0 Å². The molecule has 0 atom stereocenters. The predicted octanol–water partition coefficient (Wildman–Crippen LogP) is 1.34. The monoisotopic (exact) mass is 378 g/mol. The molecule has 0 heterocycles. The standard InChI is InChI=1S/C18H22N2O5S/c1-24-15-8-9-17(25-2)14(12-15)10-11-19-18(21)13-20-26(22,23)16-6-4-3-5-7-16/h3-9,12,20H,10-11,13H2,1-2H3,(H,19,21). The van der Waals surface area contributed by atoms with Crippen molar-refractivity contribution in [3.8, 4) is 11.5 Å². The first kappa shape index (κ1) is 19.7. The molecular formula is C18H22N2O5S. The average Bonchev–Trinajstić information content (AvgIpc) is 2.67. The first-order valence-corrected chi connectivity index (χ1v) is 9.47. The molecule has 1 amide bonds. The summed E-state index contributed by atoms with van der Waals surface area (Å²) in [7, 11) is -0.552. The van der Waals surface area contributed by atoms with E-state index in [1.807, 2.05) is 6.07 Å². The minimum absolute atomic E-state index is 0.119. The maximum Gasteiger partial charge on any atom is 0.241 e. The summed E-state index contributed by atoms with van der Waals surface area (Å²) in [6, 6.07) is 13.3. The van der Waals surface area contributed by atoms with Crippen LogP contribution in [-0.4, -0.2) is 41.6 Å². The van der Waals surface area contributed by atoms with Crippen molar-refractivity contribution in [3.63, 3.8) is 0 Å². The minimum atomic E-state index is -3.70. The molecule has 0 aromatic heterocycles. The highest BCUT2D eigenvalue weighted by atomic mass is 32.2. The molecule has 140 valence electrons. The van der Waals surface area contributed by atoms with Gasteiger partial charge in [0.05, 0.1) is 25.7 Å². The van der Waals surface area contributed by atoms with E-state index < -0.39 is 15.9 Å². The highest BCUT2D eigenvalue weighted by Crippen LogP contribution is 2.24. The maximum absolute atomic E-state index is 12.1. The number of hydrogen-bond donors (Lipinski definition) is 2. The Kier molecular flexibility index (Phi) is 6.99. The second kappa shape index (κ2) is 9.21. The van der Waals surface area contributed by atoms with Crippen LogP contribution in [0.2, 0.25) is 0 Å². The van der Waals surface area contributed by atoms with Gasteiger partial charge in [-0.25, -0.2) is 13.1 Å². The molecule has 26 heavy (non-hydrogen) atoms. The number of carbonyl (C=O) groups is 1. The van der Waals surface area contributed by atoms with Crippen molar-refractivity contribution in [3.05, 3.63) is 54.1 Å². The van der Waals surface area contributed by atoms with E-state index in [4.69, 9.17) is 9.47 Å². The Labute approximate surface area is 153 Å². The van der Waals surface area contributed by atoms with E-state index in [1.165, 1.54) is 12.1 Å². The lowest BCUT2D eigenvalue weighted by Gasteiger charge is -2.11. The van der Waals surface area contributed by atoms with Crippen LogP contribution in [0, 0.1) is 0 Å². The van der Waals surface area contributed by atoms with E-state index in [0.717, 1.165) is 5.56 Å². The van der Waals surface area contributed by atoms with E-state index in [1.54, 1.807) is 44.6 Å². The van der Waals surface area contributed by atoms with Crippen LogP contribution in [-0.2, 0) is 21.2 Å². The number of hydrogen-bond acceptors (Lipinski definition) is 5. The molecule has 2 rings (SSSR count). The Hall–Kier alpha value is -2.58. The zero-order chi connectivity index (χ0) is 19.0. The van der Waals surface area contributed by atoms with Crippen LogP contribution in [0.5, 0.6) is 11.5 Å². The first-order valence-electron chi connectivity index (χ1n) is 7.98. The molecule has 0 spiro atoms. The molecule has 8 heteroatoms. The average molecular weight is 378 g/mol. The first-order chi connectivity index (χ1) is 12.5. The molecule has 2 aromatic carbocycles. The predicted molar refractivity (Wildman–Crippen MR) is 97.9 cm³/mol. The summed E-state index contributed by atoms with van der Waals surface area (Å²) >= 11 is 0. The number of carbonyl (C=O) groups excluding carboxylic acids is 1. The van der Waals surface area contributed by atoms with Crippen molar-refractivity contribution in [2.24, 2.45) is 0 Å². The molecule has 0 unspecified atom stereocenters. The number of nitrogens with one attached hydrogen (secondary N) is 2. The summed E-state index contributed by atoms with van der Waals surface area (Å²) in [5.41, 5.74) is 0.886. The van der Waals surface area contributed by atoms with Crippen molar-refractivity contribution in [1.29, 1.82) is 0 Å². The van der Waals surface area contributed by atoms with Gasteiger partial charge in [0.2, 0.25) is 15.9 Å². The van der Waals surface area contributed by atoms with Crippen molar-refractivity contribution < 1.29 is 22.7 Å². The molecule has 0 radical (unpaired) electrons. The van der Waals surface area contributed by atoms with Gasteiger partial charge in [-0.15, -0.1) is 0 Å². The number of ether oxygens (including phenoxy) is 2. The minimum Gasteiger partial charge on any atom is -0.497 e. The van der Waals surface area contributed by atoms with E-state index in [9.17, 15) is 13.2 Å². The lowest BCUT2D eigenvalue weighted by Crippen LogP contribution is -2.37. The molecule has 0 aliphatic rings. The fourth-order valence-corrected chi connectivity index (χ4v) is 3.32. The third kappa shape index (κ3) is 5.47. The van der Waals surface area contributed by atoms with Gasteiger partial charge in [-0.2, -0.15) is 0 Å². The second-order valence-electron chi connectivity index (χ2n) is 5.42. The normalized spacial score (nSPS) is 11.0. The summed E-state index contributed by atoms with van der Waals surface area (Å²) < 4.78 is 36.9. The van der Waals surface area contributed by atoms with Crippen LogP contribution in [0.3, 0.4) is 0 Å². The number of rotatable bonds is 9. The second-order valence-corrected chi connectivity index (χ2v) is 7.18. The van der Waals surface area contributed by atoms with E-state index in [0.29, 0.717) is 24.5 Å². The summed E-state index contributed by atoms with van der Waals surface area (Å²) in [5, 5.41) is 2.68. The highest BCUT2D eigenvalue weighted by molar-refractivity contribution is 7.89. The summed E-state index contributed by atoms with van der Waals surface area (Å²) in [6.07, 6.45) is 0.525. The molecular weight excluding hydrogens is 356 g/mol. The van der Waals surface area contributed by atoms with Gasteiger partial charge in [0.25, 0.3) is 0 Å². The third-order valence-corrected chi connectivity index (χ3v) is 5.10. The maximum atomic E-state index is 12.1. The summed E-state index contributed by atoms with van der Waals surface area (Å²) in [6.45, 7) is 0.0158. The van der Waals surface area contributed by atoms with Gasteiger partial charge in [0, 0.05) is 6.54 Å². The molecule has 7 nitrogen and oxygen atoms in total. The third-order valence-electron chi connectivity index (χ3n) is 3.68. The molecule has 2 N–H and O–H groups in total. The Bertz CT molecular complexity index is 838. The van der Waals surface area contributed by atoms with Crippen LogP contribution < -0.4 is 19.5 Å². The molecule has 0 fully saturated rings. The Balaban J connectivity index is 1.84. The van der Waals surface area contributed by atoms with Gasteiger partial charge in [-0.3, -0.25) is 4.79 Å². The van der Waals surface area contributed by atoms with Crippen molar-refractivity contribution in [1.82, 2.24) is 10.0 Å². The van der Waals surface area contributed by atoms with Gasteiger partial charge in [-0.05, 0) is 42.3 Å². The van der Waals surface area contributed by atoms with Crippen molar-refractivity contribution >= 4 is 15.9 Å². The van der Waals surface area contributed by atoms with Gasteiger partial charge in [0.1, 0.15) is 11.5 Å². The Morgan fingerprint density at radius 1 is 1.04 bits per heavy atom. The van der Waals surface area contributed by atoms with Crippen LogP contribution in [0.4, 0.5) is 0 Å². The molecule has 0 aliphatic heterocycles. The number of benzene rings is 2. The van der Waals surface area contributed by atoms with E-state index in [2.05, 4.69) is 10.0 Å². The molecule has 0 aliphatic carbocycles. The fourth-order valence-electron chi connectivity index (χ4n) is 2.32. The highest BCUT2D eigenvalue weighted by Gasteiger charge is 2.14. The zero-order valence-electron chi connectivity index (χ0n) is 14.7. The van der Waals surface area contributed by atoms with E-state index in [-0.39, 0.29) is 11.4 Å². The molecule has 2 aromatic rings. The SMILES string of the molecule is COc1ccc(OC)c(CCNC(=O)CNS(=O)(=O)c2ccccc2)c1. The van der Waals surface area contributed by atoms with Crippen LogP contribution in [0.1, 0.15) is 5.56 Å². The van der Waals surface area contributed by atoms with Crippen LogP contribution >= 0.6 is 0 Å². The quantitative estimate of drug-likeness (QED) is 0.687. The molecule has 0 saturated carbocycles. The van der Waals surface area contributed by atoms with Gasteiger partial charge < -0.3 is 14.8 Å². The Morgan fingerprint density at radius 2 is 1.77 bits per heavy atom. The number of methoxy groups -OCH3 is 2. The van der Waals surface area contributed by atoms with Crippen LogP contribution in [0.15, 0.2) is 53.4 Å². The summed E-state index contributed by atoms with van der Waals surface area (Å²) in [4.78, 5) is 12.0. The van der Waals surface area contributed by atoms with Crippen molar-refractivity contribution in [2.75, 3.05) is 27.3 Å². The number of sulfonamides is 1. The molecule has 0 saturated heterocycles. The lowest BCUT2D eigenvalue weighted by molar-refractivity contribution is -0.119. The largest absolute Gasteiger partial charge is 0.497 e. The van der Waals surface area contributed by atoms with Crippen molar-refractivity contribution in [2.45, 2.75) is 11.3 Å². The lowest BCUT2D eigenvalue weighted by atomic mass is 10.1. The topological polar surface area (TPSA) is 93.7 Å². The summed E-state index contributed by atoms with van der Waals surface area (Å²) in [5.74, 6) is 0.985. The zero-order valence-corrected chi connectivity index (χ0v) is 15.5. The smallest absolute Gasteiger partial charge is 0.241 e. The molecule has 0 bridgehead atoms. The number of amides is 1. The Morgan fingerprint density at radius 3 is 2.42 bits per heavy atom. The van der Waals surface area contributed by atoms with Gasteiger partial charge in [0.15, 0.2) is 0 Å². The van der Waals surface area contributed by atoms with Crippen LogP contribution in [0.25, 0.3) is 0 Å². The van der Waals surface area contributed by atoms with Gasteiger partial charge in [-0.1, -0.05) is 18.2 Å². The van der Waals surface area contributed by atoms with Gasteiger partial charge >= 0.3 is 0 Å². The fraction of sp³-hybridized carbons (Fsp3) is 0.278.